The van der Waals surface area contributed by atoms with Gasteiger partial charge in [-0.25, -0.2) is 0 Å². The van der Waals surface area contributed by atoms with E-state index in [1.807, 2.05) is 50.5 Å². The molecule has 0 saturated heterocycles. The first kappa shape index (κ1) is 31.5. The van der Waals surface area contributed by atoms with Crippen molar-refractivity contribution in [1.29, 1.82) is 0 Å². The molecule has 0 saturated carbocycles. The molecule has 58 heavy (non-hydrogen) atoms. The fourth-order valence-corrected chi connectivity index (χ4v) is 10.6. The third kappa shape index (κ3) is 3.40. The van der Waals surface area contributed by atoms with Gasteiger partial charge in [-0.2, -0.15) is 0 Å². The number of nitro benzene ring substituents is 1. The zero-order valence-corrected chi connectivity index (χ0v) is 31.3. The lowest BCUT2D eigenvalue weighted by Gasteiger charge is -2.26. The Labute approximate surface area is 323 Å². The van der Waals surface area contributed by atoms with Gasteiger partial charge in [-0.3, -0.25) is 38.4 Å². The molecule has 0 atom stereocenters. The number of hydrogen-bond acceptors (Lipinski definition) is 7. The Bertz CT molecular complexity index is 4380. The molecular formula is C48H26N4O6. The number of nitrogens with zero attached hydrogens (tertiary/aromatic N) is 4. The van der Waals surface area contributed by atoms with Gasteiger partial charge in [0.1, 0.15) is 0 Å². The van der Waals surface area contributed by atoms with E-state index >= 15 is 0 Å². The van der Waals surface area contributed by atoms with E-state index in [0.29, 0.717) is 37.7 Å². The third-order valence-corrected chi connectivity index (χ3v) is 13.3. The smallest absolute Gasteiger partial charge is 0.270 e. The Morgan fingerprint density at radius 2 is 0.776 bits per heavy atom. The summed E-state index contributed by atoms with van der Waals surface area (Å²) in [4.78, 5) is 70.7. The van der Waals surface area contributed by atoms with Crippen molar-refractivity contribution in [2.75, 3.05) is 19.0 Å². The molecule has 0 bridgehead atoms. The number of hydrogen-bond donors (Lipinski definition) is 0. The number of aromatic nitrogens is 2. The van der Waals surface area contributed by atoms with Gasteiger partial charge in [0.05, 0.1) is 4.92 Å². The van der Waals surface area contributed by atoms with Crippen LogP contribution in [0.3, 0.4) is 0 Å². The standard InChI is InChI=1S/C48H26N4O6/c1-49(2)23-7-5-19-11-25-27(13-21(19)9-23)31-17-35-37-34(46(54)50(3)47(35)55)16-30-26-12-20-6-8-24(52(57)58)10-22(20)14-28(26)32-18-36-38-33(45(53)51(4)48(36)56)15-29(25)39-41(31)43(37)40(30)42(32)44(38)39/h5-18H,1-4H3. The first-order valence-corrected chi connectivity index (χ1v) is 18.9. The van der Waals surface area contributed by atoms with Gasteiger partial charge in [-0.15, -0.1) is 0 Å². The normalized spacial score (nSPS) is 12.9. The molecule has 0 aliphatic heterocycles. The second-order valence-electron chi connectivity index (χ2n) is 16.2. The Morgan fingerprint density at radius 3 is 1.16 bits per heavy atom. The summed E-state index contributed by atoms with van der Waals surface area (Å²) in [6.45, 7) is 0. The molecule has 2 aromatic heterocycles. The average molecular weight is 755 g/mol. The topological polar surface area (TPSA) is 125 Å². The van der Waals surface area contributed by atoms with Gasteiger partial charge < -0.3 is 4.90 Å². The van der Waals surface area contributed by atoms with Crippen molar-refractivity contribution in [2.24, 2.45) is 14.1 Å². The monoisotopic (exact) mass is 754 g/mol. The number of anilines is 1. The van der Waals surface area contributed by atoms with Crippen molar-refractivity contribution < 1.29 is 4.92 Å². The van der Waals surface area contributed by atoms with Gasteiger partial charge in [-0.05, 0) is 153 Å². The van der Waals surface area contributed by atoms with Gasteiger partial charge in [0.25, 0.3) is 27.9 Å². The summed E-state index contributed by atoms with van der Waals surface area (Å²) < 4.78 is 2.36. The van der Waals surface area contributed by atoms with Gasteiger partial charge in [0.2, 0.25) is 0 Å². The van der Waals surface area contributed by atoms with E-state index in [4.69, 9.17) is 0 Å². The fourth-order valence-electron chi connectivity index (χ4n) is 10.6. The van der Waals surface area contributed by atoms with E-state index in [-0.39, 0.29) is 11.2 Å². The molecule has 0 radical (unpaired) electrons. The molecule has 10 nitrogen and oxygen atoms in total. The van der Waals surface area contributed by atoms with E-state index in [1.165, 1.54) is 29.3 Å². The van der Waals surface area contributed by atoms with Crippen molar-refractivity contribution in [2.45, 2.75) is 0 Å². The summed E-state index contributed by atoms with van der Waals surface area (Å²) in [5.41, 5.74) is -0.616. The number of non-ortho nitro benzene ring substituents is 1. The van der Waals surface area contributed by atoms with Crippen LogP contribution in [0.2, 0.25) is 0 Å². The van der Waals surface area contributed by atoms with Crippen LogP contribution in [-0.4, -0.2) is 28.2 Å². The van der Waals surface area contributed by atoms with Crippen LogP contribution in [-0.2, 0) is 14.1 Å². The van der Waals surface area contributed by atoms with Gasteiger partial charge in [0.15, 0.2) is 0 Å². The molecule has 10 heteroatoms. The number of pyridine rings is 2. The number of rotatable bonds is 2. The van der Waals surface area contributed by atoms with Crippen LogP contribution in [0.1, 0.15) is 0 Å². The minimum atomic E-state index is -0.420. The molecule has 0 aliphatic rings. The van der Waals surface area contributed by atoms with Crippen molar-refractivity contribution in [3.63, 3.8) is 0 Å². The molecule has 0 unspecified atom stereocenters. The molecule has 13 aromatic rings. The predicted octanol–water partition coefficient (Wildman–Crippen LogP) is 8.81. The number of nitro groups is 1. The molecular weight excluding hydrogens is 729 g/mol. The zero-order chi connectivity index (χ0) is 39.5. The highest BCUT2D eigenvalue weighted by molar-refractivity contribution is 6.54. The molecule has 0 fully saturated rings. The second kappa shape index (κ2) is 9.80. The largest absolute Gasteiger partial charge is 0.378 e. The molecule has 2 heterocycles. The van der Waals surface area contributed by atoms with Crippen molar-refractivity contribution in [1.82, 2.24) is 9.13 Å². The zero-order valence-electron chi connectivity index (χ0n) is 31.3. The van der Waals surface area contributed by atoms with Crippen LogP contribution in [0.4, 0.5) is 11.4 Å². The second-order valence-corrected chi connectivity index (χ2v) is 16.2. The minimum absolute atomic E-state index is 0.0461. The predicted molar refractivity (Wildman–Crippen MR) is 236 cm³/mol. The van der Waals surface area contributed by atoms with E-state index in [1.54, 1.807) is 12.1 Å². The first-order chi connectivity index (χ1) is 27.9. The van der Waals surface area contributed by atoms with Crippen LogP contribution in [0.15, 0.2) is 104 Å². The van der Waals surface area contributed by atoms with Gasteiger partial charge in [-0.1, -0.05) is 6.07 Å². The minimum Gasteiger partial charge on any atom is -0.378 e. The highest BCUT2D eigenvalue weighted by Gasteiger charge is 2.30. The highest BCUT2D eigenvalue weighted by Crippen LogP contribution is 2.55. The Morgan fingerprint density at radius 1 is 0.414 bits per heavy atom. The van der Waals surface area contributed by atoms with Gasteiger partial charge >= 0.3 is 0 Å². The van der Waals surface area contributed by atoms with Crippen LogP contribution >= 0.6 is 0 Å². The lowest BCUT2D eigenvalue weighted by atomic mass is 9.77. The van der Waals surface area contributed by atoms with E-state index in [0.717, 1.165) is 97.3 Å². The van der Waals surface area contributed by atoms with Crippen molar-refractivity contribution in [3.8, 4) is 0 Å². The summed E-state index contributed by atoms with van der Waals surface area (Å²) >= 11 is 0. The summed E-state index contributed by atoms with van der Waals surface area (Å²) in [6.07, 6.45) is 0. The summed E-state index contributed by atoms with van der Waals surface area (Å²) in [7, 11) is 7.02. The highest BCUT2D eigenvalue weighted by atomic mass is 16.6. The van der Waals surface area contributed by atoms with E-state index in [2.05, 4.69) is 35.2 Å². The first-order valence-electron chi connectivity index (χ1n) is 18.9. The number of fused-ring (bicyclic) bond motifs is 8. The van der Waals surface area contributed by atoms with Crippen LogP contribution in [0.5, 0.6) is 0 Å². The molecule has 0 aliphatic carbocycles. The Kier molecular flexibility index (Phi) is 5.32. The lowest BCUT2D eigenvalue weighted by Crippen LogP contribution is -2.31. The van der Waals surface area contributed by atoms with Crippen LogP contribution in [0.25, 0.3) is 129 Å². The molecule has 0 N–H and O–H groups in total. The molecule has 13 rings (SSSR count). The van der Waals surface area contributed by atoms with Crippen molar-refractivity contribution >= 4 is 141 Å². The van der Waals surface area contributed by atoms with Crippen LogP contribution < -0.4 is 27.1 Å². The maximum Gasteiger partial charge on any atom is 0.270 e. The molecule has 0 amide bonds. The SMILES string of the molecule is CN(C)c1ccc2cc3c(cc2c1)c1cc2c(=O)n(C)c(=O)c4cc5c6cc7ccc([N+](=O)[O-])cc7cc6c6cc7c(=O)n(C)c(=O)c8cc3c3c1c(c42)c5c6c3c87. The lowest BCUT2D eigenvalue weighted by molar-refractivity contribution is -0.384. The number of benzene rings is 11. The quantitative estimate of drug-likeness (QED) is 0.0748. The average Bonchev–Trinajstić information content (AvgIpc) is 3.23. The fraction of sp³-hybridized carbons (Fsp3) is 0.0833. The Balaban J connectivity index is 1.44. The van der Waals surface area contributed by atoms with E-state index in [9.17, 15) is 29.3 Å². The van der Waals surface area contributed by atoms with E-state index < -0.39 is 21.6 Å². The third-order valence-electron chi connectivity index (χ3n) is 13.3. The van der Waals surface area contributed by atoms with Crippen molar-refractivity contribution in [3.05, 3.63) is 136 Å². The Hall–Kier alpha value is -7.72. The summed E-state index contributed by atoms with van der Waals surface area (Å²) in [6, 6.07) is 26.9. The summed E-state index contributed by atoms with van der Waals surface area (Å²) in [5, 5.41) is 29.6. The molecule has 11 aromatic carbocycles. The summed E-state index contributed by atoms with van der Waals surface area (Å²) in [5.74, 6) is 0. The maximum atomic E-state index is 14.3. The van der Waals surface area contributed by atoms with Gasteiger partial charge in [0, 0.05) is 89.1 Å². The molecule has 274 valence electrons. The van der Waals surface area contributed by atoms with Crippen LogP contribution in [0, 0.1) is 10.1 Å². The maximum absolute atomic E-state index is 14.3. The molecule has 0 spiro atoms.